The van der Waals surface area contributed by atoms with Crippen molar-refractivity contribution in [3.63, 3.8) is 0 Å². The van der Waals surface area contributed by atoms with Gasteiger partial charge in [0.25, 0.3) is 0 Å². The predicted molar refractivity (Wildman–Crippen MR) is 363 cm³/mol. The fourth-order valence-electron chi connectivity index (χ4n) is 11.8. The van der Waals surface area contributed by atoms with E-state index in [0.717, 1.165) is 77.0 Å². The van der Waals surface area contributed by atoms with Gasteiger partial charge in [-0.3, -0.25) is 14.4 Å². The van der Waals surface area contributed by atoms with Gasteiger partial charge in [0, 0.05) is 19.3 Å². The fourth-order valence-corrected chi connectivity index (χ4v) is 11.8. The number of esters is 3. The second kappa shape index (κ2) is 72.4. The normalized spacial score (nSPS) is 12.1. The first-order valence-electron chi connectivity index (χ1n) is 37.8. The van der Waals surface area contributed by atoms with Gasteiger partial charge in [-0.1, -0.05) is 392 Å². The number of carbonyl (C=O) groups excluding carboxylic acids is 3. The molecule has 0 aliphatic rings. The molecule has 6 nitrogen and oxygen atoms in total. The molecule has 0 aromatic heterocycles. The van der Waals surface area contributed by atoms with Gasteiger partial charge in [0.1, 0.15) is 13.2 Å². The van der Waals surface area contributed by atoms with E-state index in [1.807, 2.05) is 0 Å². The molecule has 0 fully saturated rings. The molecule has 1 atom stereocenters. The Balaban J connectivity index is 4.10. The monoisotopic (exact) mass is 1170 g/mol. The maximum atomic E-state index is 12.9. The Morgan fingerprint density at radius 3 is 0.699 bits per heavy atom. The van der Waals surface area contributed by atoms with E-state index in [4.69, 9.17) is 14.2 Å². The van der Waals surface area contributed by atoms with Crippen LogP contribution in [0.15, 0.2) is 24.3 Å². The zero-order valence-electron chi connectivity index (χ0n) is 56.5. The quantitative estimate of drug-likeness (QED) is 0.0261. The number of carbonyl (C=O) groups is 3. The van der Waals surface area contributed by atoms with Crippen LogP contribution in [-0.4, -0.2) is 37.2 Å². The standard InChI is InChI=1S/C77H146O6/c1-4-7-10-13-16-19-22-25-28-30-32-33-34-35-36-37-38-39-40-41-42-43-44-45-46-48-49-52-55-58-61-64-67-70-76(79)82-73-74(72-81-75(78)69-66-63-60-57-54-51-27-24-21-18-15-12-9-6-3)83-77(80)71-68-65-62-59-56-53-50-47-31-29-26-23-20-17-14-11-8-5-2/h15,18,24,27,74H,4-14,16-17,19-23,25-26,28-73H2,1-3H3/b18-15-,27-24-. The van der Waals surface area contributed by atoms with Crippen molar-refractivity contribution in [2.75, 3.05) is 13.2 Å². The van der Waals surface area contributed by atoms with Gasteiger partial charge < -0.3 is 14.2 Å². The Morgan fingerprint density at radius 2 is 0.446 bits per heavy atom. The molecule has 0 aromatic carbocycles. The Bertz CT molecular complexity index is 1340. The fraction of sp³-hybridized carbons (Fsp3) is 0.909. The van der Waals surface area contributed by atoms with Crippen molar-refractivity contribution in [3.8, 4) is 0 Å². The summed E-state index contributed by atoms with van der Waals surface area (Å²) in [6, 6.07) is 0. The molecule has 83 heavy (non-hydrogen) atoms. The van der Waals surface area contributed by atoms with Gasteiger partial charge >= 0.3 is 17.9 Å². The van der Waals surface area contributed by atoms with Crippen molar-refractivity contribution >= 4 is 17.9 Å². The Morgan fingerprint density at radius 1 is 0.241 bits per heavy atom. The van der Waals surface area contributed by atoms with Crippen molar-refractivity contribution in [1.29, 1.82) is 0 Å². The molecule has 0 saturated carbocycles. The average Bonchev–Trinajstić information content (AvgIpc) is 3.50. The van der Waals surface area contributed by atoms with E-state index in [-0.39, 0.29) is 31.1 Å². The minimum atomic E-state index is -0.774. The molecule has 0 radical (unpaired) electrons. The van der Waals surface area contributed by atoms with E-state index >= 15 is 0 Å². The summed E-state index contributed by atoms with van der Waals surface area (Å²) in [5, 5.41) is 0. The molecule has 490 valence electrons. The molecule has 0 aliphatic heterocycles. The summed E-state index contributed by atoms with van der Waals surface area (Å²) in [6.07, 6.45) is 89.6. The average molecular weight is 1170 g/mol. The Labute approximate surface area is 519 Å². The van der Waals surface area contributed by atoms with Crippen molar-refractivity contribution in [1.82, 2.24) is 0 Å². The number of hydrogen-bond acceptors (Lipinski definition) is 6. The lowest BCUT2D eigenvalue weighted by Crippen LogP contribution is -2.30. The van der Waals surface area contributed by atoms with E-state index in [1.54, 1.807) is 0 Å². The Kier molecular flexibility index (Phi) is 70.5. The van der Waals surface area contributed by atoms with Crippen LogP contribution in [0, 0.1) is 0 Å². The van der Waals surface area contributed by atoms with Gasteiger partial charge in [-0.2, -0.15) is 0 Å². The largest absolute Gasteiger partial charge is 0.462 e. The summed E-state index contributed by atoms with van der Waals surface area (Å²) < 4.78 is 17.0. The summed E-state index contributed by atoms with van der Waals surface area (Å²) in [6.45, 7) is 6.68. The van der Waals surface area contributed by atoms with Crippen LogP contribution in [0.4, 0.5) is 0 Å². The number of unbranched alkanes of at least 4 members (excludes halogenated alkanes) is 56. The molecular formula is C77H146O6. The van der Waals surface area contributed by atoms with Crippen LogP contribution in [0.2, 0.25) is 0 Å². The molecule has 6 heteroatoms. The van der Waals surface area contributed by atoms with Crippen molar-refractivity contribution in [3.05, 3.63) is 24.3 Å². The minimum Gasteiger partial charge on any atom is -0.462 e. The number of allylic oxidation sites excluding steroid dienone is 4. The van der Waals surface area contributed by atoms with E-state index < -0.39 is 6.10 Å². The van der Waals surface area contributed by atoms with Gasteiger partial charge in [-0.25, -0.2) is 0 Å². The van der Waals surface area contributed by atoms with Gasteiger partial charge in [0.15, 0.2) is 6.10 Å². The molecule has 0 N–H and O–H groups in total. The summed E-state index contributed by atoms with van der Waals surface area (Å²) in [5.74, 6) is -0.850. The van der Waals surface area contributed by atoms with Gasteiger partial charge in [-0.05, 0) is 44.9 Å². The molecule has 0 aromatic rings. The van der Waals surface area contributed by atoms with E-state index in [2.05, 4.69) is 45.1 Å². The van der Waals surface area contributed by atoms with Crippen LogP contribution in [0.5, 0.6) is 0 Å². The zero-order chi connectivity index (χ0) is 59.9. The van der Waals surface area contributed by atoms with E-state index in [0.29, 0.717) is 19.3 Å². The predicted octanol–water partition coefficient (Wildman–Crippen LogP) is 26.1. The molecule has 0 aliphatic carbocycles. The molecule has 0 rings (SSSR count). The lowest BCUT2D eigenvalue weighted by Gasteiger charge is -2.18. The number of hydrogen-bond donors (Lipinski definition) is 0. The van der Waals surface area contributed by atoms with Crippen LogP contribution in [0.3, 0.4) is 0 Å². The SMILES string of the molecule is CCCC/C=C\C/C=C\CCCCCCCC(=O)OCC(COC(=O)CCCCCCCCCCCCCCCCCCCCCCCCCCCCCCCCCCC)OC(=O)CCCCCCCCCCCCCCCCCCCC. The van der Waals surface area contributed by atoms with Crippen molar-refractivity contribution in [2.24, 2.45) is 0 Å². The van der Waals surface area contributed by atoms with Gasteiger partial charge in [0.05, 0.1) is 0 Å². The zero-order valence-corrected chi connectivity index (χ0v) is 56.5. The highest BCUT2D eigenvalue weighted by Gasteiger charge is 2.20. The Hall–Kier alpha value is -2.11. The summed E-state index contributed by atoms with van der Waals surface area (Å²) in [5.41, 5.74) is 0. The molecule has 0 spiro atoms. The first-order chi connectivity index (χ1) is 41.0. The van der Waals surface area contributed by atoms with Crippen LogP contribution in [0.1, 0.15) is 432 Å². The number of ether oxygens (including phenoxy) is 3. The highest BCUT2D eigenvalue weighted by atomic mass is 16.6. The molecule has 0 heterocycles. The summed E-state index contributed by atoms with van der Waals surface area (Å²) in [4.78, 5) is 38.4. The highest BCUT2D eigenvalue weighted by Crippen LogP contribution is 2.20. The summed E-state index contributed by atoms with van der Waals surface area (Å²) >= 11 is 0. The highest BCUT2D eigenvalue weighted by molar-refractivity contribution is 5.71. The second-order valence-corrected chi connectivity index (χ2v) is 25.9. The molecule has 0 amide bonds. The topological polar surface area (TPSA) is 78.9 Å². The third-order valence-corrected chi connectivity index (χ3v) is 17.5. The lowest BCUT2D eigenvalue weighted by atomic mass is 10.0. The second-order valence-electron chi connectivity index (χ2n) is 25.9. The van der Waals surface area contributed by atoms with Gasteiger partial charge in [-0.15, -0.1) is 0 Å². The molecular weight excluding hydrogens is 1020 g/mol. The van der Waals surface area contributed by atoms with Crippen LogP contribution >= 0.6 is 0 Å². The first kappa shape index (κ1) is 80.9. The third-order valence-electron chi connectivity index (χ3n) is 17.5. The van der Waals surface area contributed by atoms with E-state index in [9.17, 15) is 14.4 Å². The van der Waals surface area contributed by atoms with Crippen LogP contribution < -0.4 is 0 Å². The van der Waals surface area contributed by atoms with Crippen LogP contribution in [0.25, 0.3) is 0 Å². The van der Waals surface area contributed by atoms with Crippen molar-refractivity contribution in [2.45, 2.75) is 438 Å². The maximum Gasteiger partial charge on any atom is 0.306 e. The minimum absolute atomic E-state index is 0.0692. The number of rotatable bonds is 71. The van der Waals surface area contributed by atoms with Crippen molar-refractivity contribution < 1.29 is 28.6 Å². The first-order valence-corrected chi connectivity index (χ1v) is 37.8. The smallest absolute Gasteiger partial charge is 0.306 e. The molecule has 0 saturated heterocycles. The maximum absolute atomic E-state index is 12.9. The van der Waals surface area contributed by atoms with Crippen LogP contribution in [-0.2, 0) is 28.6 Å². The molecule has 0 bridgehead atoms. The summed E-state index contributed by atoms with van der Waals surface area (Å²) in [7, 11) is 0. The third kappa shape index (κ3) is 70.5. The lowest BCUT2D eigenvalue weighted by molar-refractivity contribution is -0.167. The molecule has 1 unspecified atom stereocenters. The van der Waals surface area contributed by atoms with Gasteiger partial charge in [0.2, 0.25) is 0 Å². The van der Waals surface area contributed by atoms with E-state index in [1.165, 1.54) is 315 Å².